The topological polar surface area (TPSA) is 0 Å². The van der Waals surface area contributed by atoms with Gasteiger partial charge in [-0.05, 0) is 5.92 Å². The molecule has 0 unspecified atom stereocenters. The molecule has 0 bridgehead atoms. The molecule has 0 amide bonds. The van der Waals surface area contributed by atoms with Crippen molar-refractivity contribution in [3.05, 3.63) is 22.3 Å². The Hall–Kier alpha value is -0.433. The summed E-state index contributed by atoms with van der Waals surface area (Å²) in [4.78, 5) is 0. The van der Waals surface area contributed by atoms with Crippen LogP contribution in [0.25, 0.3) is 0 Å². The molecular formula is C16H29Si-. The van der Waals surface area contributed by atoms with Gasteiger partial charge >= 0.3 is 0 Å². The molecule has 17 heavy (non-hydrogen) atoms. The minimum atomic E-state index is -1.22. The minimum Gasteiger partial charge on any atom is -0.199 e. The Balaban J connectivity index is 3.62. The minimum absolute atomic E-state index is 0.649. The summed E-state index contributed by atoms with van der Waals surface area (Å²) in [5.41, 5.74) is 6.46. The molecule has 0 nitrogen and oxygen atoms in total. The average molecular weight is 249 g/mol. The largest absolute Gasteiger partial charge is 0.199 e. The van der Waals surface area contributed by atoms with E-state index >= 15 is 0 Å². The van der Waals surface area contributed by atoms with Gasteiger partial charge in [-0.3, -0.25) is 0 Å². The zero-order chi connectivity index (χ0) is 13.5. The first-order valence-electron chi connectivity index (χ1n) is 6.89. The highest BCUT2D eigenvalue weighted by Gasteiger charge is 2.21. The van der Waals surface area contributed by atoms with Gasteiger partial charge in [0, 0.05) is 0 Å². The quantitative estimate of drug-likeness (QED) is 0.532. The smallest absolute Gasteiger partial charge is 0.0510 e. The highest BCUT2D eigenvalue weighted by molar-refractivity contribution is 6.89. The van der Waals surface area contributed by atoms with E-state index in [0.29, 0.717) is 11.8 Å². The van der Waals surface area contributed by atoms with Crippen molar-refractivity contribution in [2.45, 2.75) is 73.0 Å². The molecule has 98 valence electrons. The Morgan fingerprint density at radius 2 is 1.41 bits per heavy atom. The third-order valence-electron chi connectivity index (χ3n) is 3.75. The predicted molar refractivity (Wildman–Crippen MR) is 82.7 cm³/mol. The summed E-state index contributed by atoms with van der Waals surface area (Å²) in [5.74, 6) is 1.30. The molecule has 0 atom stereocenters. The van der Waals surface area contributed by atoms with Gasteiger partial charge in [-0.2, -0.15) is 27.4 Å². The van der Waals surface area contributed by atoms with E-state index in [4.69, 9.17) is 0 Å². The summed E-state index contributed by atoms with van der Waals surface area (Å²) in [6, 6.07) is 0. The van der Waals surface area contributed by atoms with Crippen molar-refractivity contribution in [3.8, 4) is 0 Å². The summed E-state index contributed by atoms with van der Waals surface area (Å²) < 4.78 is 0. The monoisotopic (exact) mass is 249 g/mol. The molecule has 0 heterocycles. The van der Waals surface area contributed by atoms with Gasteiger partial charge in [-0.25, -0.2) is 0 Å². The van der Waals surface area contributed by atoms with Gasteiger partial charge < -0.3 is 0 Å². The van der Waals surface area contributed by atoms with Crippen LogP contribution in [0.5, 0.6) is 0 Å². The van der Waals surface area contributed by atoms with Gasteiger partial charge in [0.2, 0.25) is 0 Å². The highest BCUT2D eigenvalue weighted by Crippen LogP contribution is 2.34. The van der Waals surface area contributed by atoms with Crippen LogP contribution in [0, 0.1) is 13.8 Å². The first kappa shape index (κ1) is 14.6. The Kier molecular flexibility index (Phi) is 4.03. The molecule has 0 aliphatic carbocycles. The zero-order valence-electron chi connectivity index (χ0n) is 13.2. The van der Waals surface area contributed by atoms with Crippen LogP contribution < -0.4 is 5.19 Å². The Morgan fingerprint density at radius 3 is 1.65 bits per heavy atom. The van der Waals surface area contributed by atoms with Crippen LogP contribution in [-0.4, -0.2) is 8.07 Å². The van der Waals surface area contributed by atoms with Crippen LogP contribution in [-0.2, 0) is 0 Å². The van der Waals surface area contributed by atoms with Gasteiger partial charge in [-0.15, -0.1) is 0 Å². The molecule has 1 heteroatoms. The van der Waals surface area contributed by atoms with Gasteiger partial charge in [0.1, 0.15) is 0 Å². The standard InChI is InChI=1S/C16H29Si/c1-10(2)14-12(5)16(17(7,8)9)13(6)15(14)11(3)4/h10-11H,1-9H3/q-1. The highest BCUT2D eigenvalue weighted by atomic mass is 28.3. The Labute approximate surface area is 109 Å². The van der Waals surface area contributed by atoms with Crippen LogP contribution >= 0.6 is 0 Å². The van der Waals surface area contributed by atoms with Crippen LogP contribution in [0.4, 0.5) is 0 Å². The predicted octanol–water partition coefficient (Wildman–Crippen LogP) is 4.81. The fourth-order valence-corrected chi connectivity index (χ4v) is 6.09. The van der Waals surface area contributed by atoms with Crippen LogP contribution in [0.1, 0.15) is 61.8 Å². The molecule has 0 aliphatic rings. The molecule has 0 N–H and O–H groups in total. The molecule has 0 radical (unpaired) electrons. The summed E-state index contributed by atoms with van der Waals surface area (Å²) >= 11 is 0. The van der Waals surface area contributed by atoms with Crippen molar-refractivity contribution < 1.29 is 0 Å². The average Bonchev–Trinajstić information content (AvgIpc) is 2.35. The Morgan fingerprint density at radius 1 is 0.941 bits per heavy atom. The molecule has 0 aromatic heterocycles. The second-order valence-corrected chi connectivity index (χ2v) is 12.0. The van der Waals surface area contributed by atoms with E-state index in [-0.39, 0.29) is 0 Å². The Bertz CT molecular complexity index is 369. The lowest BCUT2D eigenvalue weighted by Crippen LogP contribution is -2.40. The fourth-order valence-electron chi connectivity index (χ4n) is 3.57. The van der Waals surface area contributed by atoms with E-state index < -0.39 is 8.07 Å². The second-order valence-electron chi connectivity index (χ2n) is 7.01. The number of hydrogen-bond acceptors (Lipinski definition) is 0. The molecule has 0 saturated carbocycles. The lowest BCUT2D eigenvalue weighted by atomic mass is 9.91. The normalized spacial score (nSPS) is 12.9. The molecule has 0 spiro atoms. The molecule has 0 aliphatic heterocycles. The van der Waals surface area contributed by atoms with Crippen molar-refractivity contribution in [2.24, 2.45) is 0 Å². The lowest BCUT2D eigenvalue weighted by Gasteiger charge is -2.26. The van der Waals surface area contributed by atoms with Crippen LogP contribution in [0.15, 0.2) is 0 Å². The molecule has 1 aromatic rings. The first-order valence-corrected chi connectivity index (χ1v) is 10.4. The van der Waals surface area contributed by atoms with Crippen molar-refractivity contribution >= 4 is 13.3 Å². The maximum atomic E-state index is 2.47. The van der Waals surface area contributed by atoms with Gasteiger partial charge in [0.15, 0.2) is 0 Å². The molecular weight excluding hydrogens is 220 g/mol. The van der Waals surface area contributed by atoms with Crippen molar-refractivity contribution in [1.82, 2.24) is 0 Å². The van der Waals surface area contributed by atoms with Crippen LogP contribution in [0.3, 0.4) is 0 Å². The van der Waals surface area contributed by atoms with Crippen molar-refractivity contribution in [1.29, 1.82) is 0 Å². The summed E-state index contributed by atoms with van der Waals surface area (Å²) in [6.07, 6.45) is 0. The third-order valence-corrected chi connectivity index (χ3v) is 6.00. The molecule has 0 fully saturated rings. The maximum absolute atomic E-state index is 2.47. The van der Waals surface area contributed by atoms with E-state index in [0.717, 1.165) is 0 Å². The van der Waals surface area contributed by atoms with E-state index in [1.165, 1.54) is 0 Å². The number of rotatable bonds is 3. The number of hydrogen-bond donors (Lipinski definition) is 0. The molecule has 1 rings (SSSR count). The van der Waals surface area contributed by atoms with Crippen LogP contribution in [0.2, 0.25) is 19.6 Å². The lowest BCUT2D eigenvalue weighted by molar-refractivity contribution is 0.789. The first-order chi connectivity index (χ1) is 7.59. The van der Waals surface area contributed by atoms with Crippen molar-refractivity contribution in [2.75, 3.05) is 0 Å². The van der Waals surface area contributed by atoms with E-state index in [9.17, 15) is 0 Å². The maximum Gasteiger partial charge on any atom is 0.0510 e. The zero-order valence-corrected chi connectivity index (χ0v) is 14.2. The molecule has 0 saturated heterocycles. The fraction of sp³-hybridized carbons (Fsp3) is 0.688. The van der Waals surface area contributed by atoms with Gasteiger partial charge in [0.25, 0.3) is 0 Å². The summed E-state index contributed by atoms with van der Waals surface area (Å²) in [6.45, 7) is 21.4. The summed E-state index contributed by atoms with van der Waals surface area (Å²) in [7, 11) is -1.22. The third kappa shape index (κ3) is 2.54. The SMILES string of the molecule is Cc1c(C(C)C)c(C(C)C)[c-](C)c1[Si](C)(C)C. The van der Waals surface area contributed by atoms with E-state index in [2.05, 4.69) is 61.2 Å². The van der Waals surface area contributed by atoms with Crippen molar-refractivity contribution in [3.63, 3.8) is 0 Å². The molecule has 1 aromatic carbocycles. The van der Waals surface area contributed by atoms with E-state index in [1.807, 2.05) is 0 Å². The van der Waals surface area contributed by atoms with E-state index in [1.54, 1.807) is 27.4 Å². The summed E-state index contributed by atoms with van der Waals surface area (Å²) in [5, 5.41) is 1.71. The second kappa shape index (κ2) is 4.68. The van der Waals surface area contributed by atoms with Gasteiger partial charge in [0.05, 0.1) is 8.07 Å². The van der Waals surface area contributed by atoms with Gasteiger partial charge in [-0.1, -0.05) is 67.1 Å².